The van der Waals surface area contributed by atoms with Gasteiger partial charge in [-0.3, -0.25) is 0 Å². The van der Waals surface area contributed by atoms with Crippen molar-refractivity contribution in [2.24, 2.45) is 10.7 Å². The Balaban J connectivity index is 1.63. The summed E-state index contributed by atoms with van der Waals surface area (Å²) in [7, 11) is 3.20. The summed E-state index contributed by atoms with van der Waals surface area (Å²) < 4.78 is 12.1. The van der Waals surface area contributed by atoms with Gasteiger partial charge in [0.2, 0.25) is 0 Å². The van der Waals surface area contributed by atoms with E-state index in [0.29, 0.717) is 17.3 Å². The molecule has 0 amide bonds. The molecule has 0 aliphatic rings. The van der Waals surface area contributed by atoms with Crippen molar-refractivity contribution in [3.8, 4) is 17.2 Å². The van der Waals surface area contributed by atoms with E-state index in [0.717, 1.165) is 22.8 Å². The molecule has 2 aromatic carbocycles. The van der Waals surface area contributed by atoms with E-state index >= 15 is 0 Å². The van der Waals surface area contributed by atoms with Gasteiger partial charge in [-0.2, -0.15) is 5.10 Å². The van der Waals surface area contributed by atoms with Crippen molar-refractivity contribution in [3.05, 3.63) is 65.4 Å². The summed E-state index contributed by atoms with van der Waals surface area (Å²) in [6.45, 7) is 0.353. The molecule has 7 nitrogen and oxygen atoms in total. The second-order valence-corrected chi connectivity index (χ2v) is 6.03. The molecule has 8 heteroatoms. The van der Waals surface area contributed by atoms with Gasteiger partial charge in [0.05, 0.1) is 37.2 Å². The lowest BCUT2D eigenvalue weighted by Gasteiger charge is -2.08. The second kappa shape index (κ2) is 8.46. The lowest BCUT2D eigenvalue weighted by molar-refractivity contribution is 0.414. The van der Waals surface area contributed by atoms with Crippen LogP contribution in [-0.4, -0.2) is 30.0 Å². The van der Waals surface area contributed by atoms with Gasteiger partial charge in [0.15, 0.2) is 5.96 Å². The maximum absolute atomic E-state index is 6.10. The van der Waals surface area contributed by atoms with Crippen LogP contribution in [0.25, 0.3) is 5.69 Å². The highest BCUT2D eigenvalue weighted by Gasteiger charge is 2.04. The van der Waals surface area contributed by atoms with E-state index in [1.807, 2.05) is 42.6 Å². The molecular formula is C19H20ClN5O2. The van der Waals surface area contributed by atoms with Crippen molar-refractivity contribution in [3.63, 3.8) is 0 Å². The highest BCUT2D eigenvalue weighted by molar-refractivity contribution is 6.32. The molecule has 1 heterocycles. The maximum atomic E-state index is 6.10. The summed E-state index contributed by atoms with van der Waals surface area (Å²) in [4.78, 5) is 4.31. The molecule has 3 aromatic rings. The molecule has 0 atom stereocenters. The van der Waals surface area contributed by atoms with Gasteiger partial charge in [-0.25, -0.2) is 9.67 Å². The number of aliphatic imine (C=N–C) groups is 1. The molecule has 0 aliphatic carbocycles. The number of nitrogens with two attached hydrogens (primary N) is 1. The van der Waals surface area contributed by atoms with Gasteiger partial charge < -0.3 is 20.5 Å². The fourth-order valence-electron chi connectivity index (χ4n) is 2.42. The summed E-state index contributed by atoms with van der Waals surface area (Å²) in [5, 5.41) is 7.99. The third kappa shape index (κ3) is 4.71. The predicted octanol–water partition coefficient (Wildman–Crippen LogP) is 3.47. The first-order chi connectivity index (χ1) is 13.1. The number of guanidine groups is 1. The summed E-state index contributed by atoms with van der Waals surface area (Å²) in [6.07, 6.45) is 1.87. The Kier molecular flexibility index (Phi) is 5.83. The SMILES string of the molecule is COc1ccc(-n2ccc(CN=C(N)Nc3ccc(OC)c(Cl)c3)n2)cc1. The minimum absolute atomic E-state index is 0.273. The molecule has 1 aromatic heterocycles. The second-order valence-electron chi connectivity index (χ2n) is 5.63. The van der Waals surface area contributed by atoms with E-state index in [2.05, 4.69) is 15.4 Å². The summed E-state index contributed by atoms with van der Waals surface area (Å²) >= 11 is 6.10. The number of aromatic nitrogens is 2. The zero-order valence-electron chi connectivity index (χ0n) is 15.0. The van der Waals surface area contributed by atoms with Gasteiger partial charge in [-0.1, -0.05) is 11.6 Å². The molecule has 0 saturated heterocycles. The molecule has 0 saturated carbocycles. The van der Waals surface area contributed by atoms with Crippen molar-refractivity contribution in [2.45, 2.75) is 6.54 Å². The predicted molar refractivity (Wildman–Crippen MR) is 107 cm³/mol. The van der Waals surface area contributed by atoms with Gasteiger partial charge >= 0.3 is 0 Å². The molecule has 0 aliphatic heterocycles. The smallest absolute Gasteiger partial charge is 0.193 e. The lowest BCUT2D eigenvalue weighted by atomic mass is 10.3. The van der Waals surface area contributed by atoms with Crippen LogP contribution in [0.15, 0.2) is 59.7 Å². The zero-order chi connectivity index (χ0) is 19.2. The lowest BCUT2D eigenvalue weighted by Crippen LogP contribution is -2.22. The van der Waals surface area contributed by atoms with Crippen LogP contribution in [0.1, 0.15) is 5.69 Å². The van der Waals surface area contributed by atoms with Crippen LogP contribution < -0.4 is 20.5 Å². The fraction of sp³-hybridized carbons (Fsp3) is 0.158. The molecule has 27 heavy (non-hydrogen) atoms. The van der Waals surface area contributed by atoms with E-state index in [1.54, 1.807) is 31.0 Å². The Bertz CT molecular complexity index is 938. The number of anilines is 1. The molecule has 140 valence electrons. The summed E-state index contributed by atoms with van der Waals surface area (Å²) in [5.74, 6) is 1.67. The van der Waals surface area contributed by atoms with E-state index in [-0.39, 0.29) is 5.96 Å². The molecule has 0 unspecified atom stereocenters. The molecule has 3 rings (SSSR count). The number of hydrogen-bond donors (Lipinski definition) is 2. The Morgan fingerprint density at radius 3 is 2.59 bits per heavy atom. The minimum atomic E-state index is 0.273. The monoisotopic (exact) mass is 385 g/mol. The van der Waals surface area contributed by atoms with Crippen molar-refractivity contribution in [2.75, 3.05) is 19.5 Å². The van der Waals surface area contributed by atoms with Crippen LogP contribution in [0.5, 0.6) is 11.5 Å². The number of ether oxygens (including phenoxy) is 2. The third-order valence-corrected chi connectivity index (χ3v) is 4.11. The number of halogens is 1. The fourth-order valence-corrected chi connectivity index (χ4v) is 2.68. The van der Waals surface area contributed by atoms with Gasteiger partial charge in [-0.05, 0) is 48.5 Å². The van der Waals surface area contributed by atoms with E-state index in [9.17, 15) is 0 Å². The quantitative estimate of drug-likeness (QED) is 0.501. The van der Waals surface area contributed by atoms with Crippen molar-refractivity contribution in [1.29, 1.82) is 0 Å². The number of nitrogens with one attached hydrogen (secondary N) is 1. The van der Waals surface area contributed by atoms with Gasteiger partial charge in [0.25, 0.3) is 0 Å². The highest BCUT2D eigenvalue weighted by Crippen LogP contribution is 2.27. The number of rotatable bonds is 6. The van der Waals surface area contributed by atoms with Gasteiger partial charge in [0, 0.05) is 11.9 Å². The van der Waals surface area contributed by atoms with Crippen LogP contribution in [0.4, 0.5) is 5.69 Å². The maximum Gasteiger partial charge on any atom is 0.193 e. The van der Waals surface area contributed by atoms with Crippen LogP contribution in [-0.2, 0) is 6.54 Å². The molecular weight excluding hydrogens is 366 g/mol. The first kappa shape index (κ1) is 18.6. The number of hydrogen-bond acceptors (Lipinski definition) is 4. The molecule has 0 fully saturated rings. The van der Waals surface area contributed by atoms with Crippen LogP contribution in [0.3, 0.4) is 0 Å². The summed E-state index contributed by atoms with van der Waals surface area (Å²) in [6, 6.07) is 14.8. The van der Waals surface area contributed by atoms with Gasteiger partial charge in [-0.15, -0.1) is 0 Å². The van der Waals surface area contributed by atoms with E-state index in [1.165, 1.54) is 0 Å². The Morgan fingerprint density at radius 1 is 1.15 bits per heavy atom. The van der Waals surface area contributed by atoms with Crippen molar-refractivity contribution < 1.29 is 9.47 Å². The normalized spacial score (nSPS) is 11.3. The average molecular weight is 386 g/mol. The number of nitrogens with zero attached hydrogens (tertiary/aromatic N) is 3. The van der Waals surface area contributed by atoms with E-state index < -0.39 is 0 Å². The van der Waals surface area contributed by atoms with Crippen LogP contribution in [0, 0.1) is 0 Å². The average Bonchev–Trinajstić information content (AvgIpc) is 3.16. The number of benzene rings is 2. The third-order valence-electron chi connectivity index (χ3n) is 3.82. The standard InChI is InChI=1S/C19H20ClN5O2/c1-26-16-6-4-15(5-7-16)25-10-9-14(24-25)12-22-19(21)23-13-3-8-18(27-2)17(20)11-13/h3-11H,12H2,1-2H3,(H3,21,22,23). The van der Waals surface area contributed by atoms with Gasteiger partial charge in [0.1, 0.15) is 11.5 Å². The summed E-state index contributed by atoms with van der Waals surface area (Å²) in [5.41, 5.74) is 8.40. The minimum Gasteiger partial charge on any atom is -0.497 e. The molecule has 3 N–H and O–H groups in total. The topological polar surface area (TPSA) is 86.7 Å². The largest absolute Gasteiger partial charge is 0.497 e. The first-order valence-corrected chi connectivity index (χ1v) is 8.56. The van der Waals surface area contributed by atoms with E-state index in [4.69, 9.17) is 26.8 Å². The molecule has 0 bridgehead atoms. The van der Waals surface area contributed by atoms with Crippen LogP contribution in [0.2, 0.25) is 5.02 Å². The highest BCUT2D eigenvalue weighted by atomic mass is 35.5. The Morgan fingerprint density at radius 2 is 1.93 bits per heavy atom. The van der Waals surface area contributed by atoms with Crippen molar-refractivity contribution in [1.82, 2.24) is 9.78 Å². The molecule has 0 spiro atoms. The Hall–Kier alpha value is -3.19. The first-order valence-electron chi connectivity index (χ1n) is 8.18. The van der Waals surface area contributed by atoms with Crippen molar-refractivity contribution >= 4 is 23.2 Å². The zero-order valence-corrected chi connectivity index (χ0v) is 15.8. The Labute approximate surface area is 162 Å². The van der Waals surface area contributed by atoms with Crippen LogP contribution >= 0.6 is 11.6 Å². The molecule has 0 radical (unpaired) electrons. The number of methoxy groups -OCH3 is 2.